The van der Waals surface area contributed by atoms with Gasteiger partial charge in [-0.3, -0.25) is 0 Å². The second kappa shape index (κ2) is 9.32. The number of halogens is 5. The third-order valence-corrected chi connectivity index (χ3v) is 5.72. The van der Waals surface area contributed by atoms with Gasteiger partial charge in [0.15, 0.2) is 11.6 Å². The molecule has 1 nitrogen and oxygen atoms in total. The SMILES string of the molecule is Fc1cc(-c2ccc(I)cc2)ccc1-c1ccc(-c2cc(F)c(N=C=S)c(F)c2)c(F)c1. The maximum atomic E-state index is 14.8. The number of thiocarbonyl (C=S) groups is 1. The highest BCUT2D eigenvalue weighted by Gasteiger charge is 2.15. The molecule has 0 aromatic heterocycles. The van der Waals surface area contributed by atoms with Crippen molar-refractivity contribution in [1.82, 2.24) is 0 Å². The minimum absolute atomic E-state index is 0.0121. The lowest BCUT2D eigenvalue weighted by Crippen LogP contribution is -1.92. The number of nitrogens with zero attached hydrogens (tertiary/aromatic N) is 1. The predicted octanol–water partition coefficient (Wildman–Crippen LogP) is 8.58. The quantitative estimate of drug-likeness (QED) is 0.105. The Kier molecular flexibility index (Phi) is 6.50. The zero-order valence-corrected chi connectivity index (χ0v) is 19.1. The Morgan fingerprint density at radius 3 is 1.62 bits per heavy atom. The van der Waals surface area contributed by atoms with Crippen molar-refractivity contribution in [3.63, 3.8) is 0 Å². The molecule has 0 atom stereocenters. The maximum absolute atomic E-state index is 14.8. The monoisotopic (exact) mass is 561 g/mol. The Bertz CT molecular complexity index is 1360. The van der Waals surface area contributed by atoms with Crippen molar-refractivity contribution >= 4 is 45.7 Å². The van der Waals surface area contributed by atoms with Crippen molar-refractivity contribution in [3.8, 4) is 33.4 Å². The molecule has 0 aliphatic rings. The first-order valence-electron chi connectivity index (χ1n) is 9.30. The van der Waals surface area contributed by atoms with Gasteiger partial charge in [0.2, 0.25) is 0 Å². The van der Waals surface area contributed by atoms with E-state index in [1.807, 2.05) is 29.4 Å². The van der Waals surface area contributed by atoms with Crippen LogP contribution in [-0.2, 0) is 0 Å². The van der Waals surface area contributed by atoms with Crippen molar-refractivity contribution in [2.75, 3.05) is 0 Å². The van der Waals surface area contributed by atoms with E-state index < -0.39 is 29.0 Å². The topological polar surface area (TPSA) is 12.4 Å². The summed E-state index contributed by atoms with van der Waals surface area (Å²) in [6.07, 6.45) is 0. The van der Waals surface area contributed by atoms with E-state index in [1.165, 1.54) is 18.2 Å². The summed E-state index contributed by atoms with van der Waals surface area (Å²) >= 11 is 6.56. The van der Waals surface area contributed by atoms with Gasteiger partial charge < -0.3 is 0 Å². The fourth-order valence-corrected chi connectivity index (χ4v) is 3.81. The number of aliphatic imine (C=N–C) groups is 1. The molecule has 4 rings (SSSR count). The third kappa shape index (κ3) is 4.50. The molecule has 0 saturated heterocycles. The van der Waals surface area contributed by atoms with Crippen LogP contribution in [0.5, 0.6) is 0 Å². The summed E-state index contributed by atoms with van der Waals surface area (Å²) in [5.41, 5.74) is 1.46. The molecule has 0 bridgehead atoms. The number of benzene rings is 4. The average molecular weight is 561 g/mol. The lowest BCUT2D eigenvalue weighted by Gasteiger charge is -2.10. The molecule has 4 aromatic carbocycles. The summed E-state index contributed by atoms with van der Waals surface area (Å²) in [5, 5.41) is 1.90. The fraction of sp³-hybridized carbons (Fsp3) is 0. The van der Waals surface area contributed by atoms with Crippen LogP contribution in [0.2, 0.25) is 0 Å². The second-order valence-electron chi connectivity index (χ2n) is 6.89. The molecule has 0 heterocycles. The largest absolute Gasteiger partial charge is 0.206 e. The van der Waals surface area contributed by atoms with Crippen molar-refractivity contribution in [2.45, 2.75) is 0 Å². The lowest BCUT2D eigenvalue weighted by atomic mass is 9.97. The molecule has 0 saturated carbocycles. The molecule has 158 valence electrons. The summed E-state index contributed by atoms with van der Waals surface area (Å²) in [4.78, 5) is 3.34. The van der Waals surface area contributed by atoms with Gasteiger partial charge in [-0.1, -0.05) is 36.4 Å². The van der Waals surface area contributed by atoms with Crippen molar-refractivity contribution in [2.24, 2.45) is 4.99 Å². The van der Waals surface area contributed by atoms with Gasteiger partial charge in [0, 0.05) is 14.7 Å². The zero-order valence-electron chi connectivity index (χ0n) is 16.2. The van der Waals surface area contributed by atoms with Crippen LogP contribution in [0.15, 0.2) is 77.8 Å². The van der Waals surface area contributed by atoms with Crippen LogP contribution in [0.3, 0.4) is 0 Å². The van der Waals surface area contributed by atoms with Gasteiger partial charge in [0.05, 0.1) is 5.16 Å². The minimum Gasteiger partial charge on any atom is -0.206 e. The minimum atomic E-state index is -0.988. The van der Waals surface area contributed by atoms with Gasteiger partial charge in [-0.15, -0.1) is 0 Å². The predicted molar refractivity (Wildman–Crippen MR) is 130 cm³/mol. The van der Waals surface area contributed by atoms with E-state index in [1.54, 1.807) is 12.1 Å². The number of hydrogen-bond donors (Lipinski definition) is 0. The number of isothiocyanates is 1. The van der Waals surface area contributed by atoms with Gasteiger partial charge in [-0.25, -0.2) is 17.6 Å². The lowest BCUT2D eigenvalue weighted by molar-refractivity contribution is 0.588. The molecule has 7 heteroatoms. The summed E-state index contributed by atoms with van der Waals surface area (Å²) in [5.74, 6) is -3.22. The molecule has 0 spiro atoms. The Morgan fingerprint density at radius 2 is 1.06 bits per heavy atom. The van der Waals surface area contributed by atoms with Crippen LogP contribution in [0.25, 0.3) is 33.4 Å². The van der Waals surface area contributed by atoms with Crippen LogP contribution in [0.4, 0.5) is 23.2 Å². The Labute approximate surface area is 200 Å². The molecule has 0 N–H and O–H groups in total. The van der Waals surface area contributed by atoms with Crippen molar-refractivity contribution in [3.05, 3.63) is 99.6 Å². The Morgan fingerprint density at radius 1 is 0.594 bits per heavy atom. The maximum Gasteiger partial charge on any atom is 0.153 e. The highest BCUT2D eigenvalue weighted by molar-refractivity contribution is 14.1. The van der Waals surface area contributed by atoms with E-state index in [0.29, 0.717) is 11.1 Å². The van der Waals surface area contributed by atoms with E-state index >= 15 is 0 Å². The first-order chi connectivity index (χ1) is 15.4. The van der Waals surface area contributed by atoms with E-state index in [0.717, 1.165) is 27.3 Å². The first kappa shape index (κ1) is 22.3. The van der Waals surface area contributed by atoms with Gasteiger partial charge in [-0.2, -0.15) is 4.99 Å². The molecular formula is C25H12F4INS. The number of hydrogen-bond acceptors (Lipinski definition) is 2. The smallest absolute Gasteiger partial charge is 0.153 e. The van der Waals surface area contributed by atoms with Crippen LogP contribution in [0, 0.1) is 26.8 Å². The van der Waals surface area contributed by atoms with Gasteiger partial charge in [0.25, 0.3) is 0 Å². The van der Waals surface area contributed by atoms with Crippen LogP contribution in [-0.4, -0.2) is 5.16 Å². The van der Waals surface area contributed by atoms with Gasteiger partial charge >= 0.3 is 0 Å². The first-order valence-corrected chi connectivity index (χ1v) is 10.8. The van der Waals surface area contributed by atoms with Crippen LogP contribution < -0.4 is 0 Å². The van der Waals surface area contributed by atoms with Gasteiger partial charge in [-0.05, 0) is 93.5 Å². The molecule has 4 aromatic rings. The zero-order chi connectivity index (χ0) is 22.8. The van der Waals surface area contributed by atoms with E-state index in [2.05, 4.69) is 39.8 Å². The molecule has 0 fully saturated rings. The standard InChI is InChI=1S/C25H12F4INS/c26-21-9-15(14-1-5-18(30)6-2-14)3-7-19(21)16-4-8-20(22(27)10-16)17-11-23(28)25(31-13-32)24(29)12-17/h1-12H. The fourth-order valence-electron chi connectivity index (χ4n) is 3.36. The van der Waals surface area contributed by atoms with E-state index in [4.69, 9.17) is 0 Å². The molecule has 0 radical (unpaired) electrons. The summed E-state index contributed by atoms with van der Waals surface area (Å²) in [6, 6.07) is 18.3. The van der Waals surface area contributed by atoms with E-state index in [9.17, 15) is 17.6 Å². The van der Waals surface area contributed by atoms with Crippen LogP contribution in [0.1, 0.15) is 0 Å². The molecule has 0 aliphatic heterocycles. The average Bonchev–Trinajstić information content (AvgIpc) is 2.76. The normalized spacial score (nSPS) is 10.7. The second-order valence-corrected chi connectivity index (χ2v) is 8.32. The van der Waals surface area contributed by atoms with Crippen molar-refractivity contribution in [1.29, 1.82) is 0 Å². The third-order valence-electron chi connectivity index (χ3n) is 4.91. The molecule has 32 heavy (non-hydrogen) atoms. The molecular weight excluding hydrogens is 549 g/mol. The molecule has 0 amide bonds. The van der Waals surface area contributed by atoms with E-state index in [-0.39, 0.29) is 16.7 Å². The highest BCUT2D eigenvalue weighted by atomic mass is 127. The highest BCUT2D eigenvalue weighted by Crippen LogP contribution is 2.34. The Balaban J connectivity index is 1.69. The van der Waals surface area contributed by atoms with Gasteiger partial charge in [0.1, 0.15) is 17.3 Å². The molecule has 0 unspecified atom stereocenters. The molecule has 0 aliphatic carbocycles. The van der Waals surface area contributed by atoms with Crippen molar-refractivity contribution < 1.29 is 17.6 Å². The number of rotatable bonds is 4. The van der Waals surface area contributed by atoms with Crippen LogP contribution >= 0.6 is 34.8 Å². The summed E-state index contributed by atoms with van der Waals surface area (Å²) < 4.78 is 59.0. The summed E-state index contributed by atoms with van der Waals surface area (Å²) in [7, 11) is 0. The Hall–Kier alpha value is -2.87. The summed E-state index contributed by atoms with van der Waals surface area (Å²) in [6.45, 7) is 0.